The van der Waals surface area contributed by atoms with E-state index in [1.807, 2.05) is 50.3 Å². The number of ether oxygens (including phenoxy) is 1. The first-order valence-corrected chi connectivity index (χ1v) is 13.3. The van der Waals surface area contributed by atoms with Crippen molar-refractivity contribution < 1.29 is 24.2 Å². The number of halogens is 2. The number of pyridine rings is 1. The molecular weight excluding hydrogens is 567 g/mol. The van der Waals surface area contributed by atoms with Gasteiger partial charge >= 0.3 is 11.9 Å². The van der Waals surface area contributed by atoms with Gasteiger partial charge < -0.3 is 24.6 Å². The number of esters is 1. The van der Waals surface area contributed by atoms with Crippen molar-refractivity contribution in [2.24, 2.45) is 7.05 Å². The number of hydrogen-bond acceptors (Lipinski definition) is 6. The SMILES string of the molecule is Cc1c2ccnc(C(=O)NCCN(C)C)c2cc2c3cc(OC(=O)CCCCCCC(=O)O)ccc3n(C)c12.Cl.Cl. The summed E-state index contributed by atoms with van der Waals surface area (Å²) >= 11 is 0. The van der Waals surface area contributed by atoms with Crippen LogP contribution < -0.4 is 10.1 Å². The third-order valence-corrected chi connectivity index (χ3v) is 7.06. The Balaban J connectivity index is 0.00000294. The van der Waals surface area contributed by atoms with Gasteiger partial charge in [-0.25, -0.2) is 0 Å². The van der Waals surface area contributed by atoms with E-state index >= 15 is 0 Å². The number of aromatic nitrogens is 2. The minimum atomic E-state index is -0.794. The predicted molar refractivity (Wildman–Crippen MR) is 167 cm³/mol. The van der Waals surface area contributed by atoms with E-state index in [0.29, 0.717) is 30.8 Å². The molecule has 2 aromatic carbocycles. The lowest BCUT2D eigenvalue weighted by molar-refractivity contribution is -0.137. The van der Waals surface area contributed by atoms with Crippen LogP contribution in [0.25, 0.3) is 32.6 Å². The van der Waals surface area contributed by atoms with Crippen LogP contribution in [0.4, 0.5) is 0 Å². The number of rotatable bonds is 12. The van der Waals surface area contributed by atoms with Crippen molar-refractivity contribution in [1.82, 2.24) is 19.8 Å². The number of carbonyl (C=O) groups is 3. The molecule has 0 spiro atoms. The molecule has 0 fully saturated rings. The molecule has 0 unspecified atom stereocenters. The molecule has 0 radical (unpaired) electrons. The maximum Gasteiger partial charge on any atom is 0.311 e. The van der Waals surface area contributed by atoms with Gasteiger partial charge in [-0.1, -0.05) is 12.8 Å². The van der Waals surface area contributed by atoms with Crippen LogP contribution in [-0.2, 0) is 16.6 Å². The summed E-state index contributed by atoms with van der Waals surface area (Å²) in [5.41, 5.74) is 3.48. The number of carbonyl (C=O) groups excluding carboxylic acids is 2. The molecule has 4 rings (SSSR count). The van der Waals surface area contributed by atoms with E-state index in [1.54, 1.807) is 12.3 Å². The summed E-state index contributed by atoms with van der Waals surface area (Å²) in [6.07, 6.45) is 4.95. The minimum Gasteiger partial charge on any atom is -0.481 e. The lowest BCUT2D eigenvalue weighted by atomic mass is 10.00. The fourth-order valence-corrected chi connectivity index (χ4v) is 5.07. The van der Waals surface area contributed by atoms with Crippen molar-refractivity contribution in [2.45, 2.75) is 45.4 Å². The first-order chi connectivity index (χ1) is 18.7. The topological polar surface area (TPSA) is 114 Å². The number of fused-ring (bicyclic) bond motifs is 4. The smallest absolute Gasteiger partial charge is 0.311 e. The maximum atomic E-state index is 13.0. The van der Waals surface area contributed by atoms with Crippen LogP contribution >= 0.6 is 24.8 Å². The molecule has 4 aromatic rings. The minimum absolute atomic E-state index is 0. The molecule has 0 saturated heterocycles. The van der Waals surface area contributed by atoms with Crippen LogP contribution in [0.2, 0.25) is 0 Å². The van der Waals surface area contributed by atoms with Gasteiger partial charge in [0.15, 0.2) is 0 Å². The first kappa shape index (κ1) is 33.8. The van der Waals surface area contributed by atoms with Crippen LogP contribution in [0.15, 0.2) is 36.5 Å². The Bertz CT molecular complexity index is 1550. The summed E-state index contributed by atoms with van der Waals surface area (Å²) in [7, 11) is 5.93. The average molecular weight is 606 g/mol. The number of amides is 1. The zero-order valence-corrected chi connectivity index (χ0v) is 25.5. The fourth-order valence-electron chi connectivity index (χ4n) is 5.07. The standard InChI is InChI=1S/C30H36N4O5.2ClH/c1-19-21-13-14-31-28(30(38)32-15-16-33(2)3)23(21)18-24-22-17-20(11-12-25(22)34(4)29(19)24)39-27(37)10-8-6-5-7-9-26(35)36;;/h11-14,17-18H,5-10,15-16H2,1-4H3,(H,32,38)(H,35,36);2*1H. The second-order valence-corrected chi connectivity index (χ2v) is 10.2. The van der Waals surface area contributed by atoms with Crippen LogP contribution in [0, 0.1) is 6.92 Å². The summed E-state index contributed by atoms with van der Waals surface area (Å²) in [6.45, 7) is 3.31. The number of unbranched alkanes of at least 4 members (excludes halogenated alkanes) is 3. The summed E-state index contributed by atoms with van der Waals surface area (Å²) < 4.78 is 7.77. The molecule has 2 N–H and O–H groups in total. The van der Waals surface area contributed by atoms with Gasteiger partial charge in [0.25, 0.3) is 5.91 Å². The number of carboxylic acids is 1. The number of nitrogens with one attached hydrogen (secondary N) is 1. The summed E-state index contributed by atoms with van der Waals surface area (Å²) in [6, 6.07) is 9.57. The fraction of sp³-hybridized carbons (Fsp3) is 0.400. The Morgan fingerprint density at radius 1 is 0.951 bits per heavy atom. The lowest BCUT2D eigenvalue weighted by Crippen LogP contribution is -2.31. The number of carboxylic acid groups (broad SMARTS) is 1. The van der Waals surface area contributed by atoms with Crippen molar-refractivity contribution >= 4 is 75.2 Å². The van der Waals surface area contributed by atoms with Crippen molar-refractivity contribution in [3.8, 4) is 5.75 Å². The summed E-state index contributed by atoms with van der Waals surface area (Å²) in [5.74, 6) is -0.844. The highest BCUT2D eigenvalue weighted by Gasteiger charge is 2.19. The molecule has 9 nitrogen and oxygen atoms in total. The third kappa shape index (κ3) is 7.87. The van der Waals surface area contributed by atoms with Gasteiger partial charge in [0.05, 0.1) is 5.52 Å². The molecule has 0 bridgehead atoms. The molecule has 0 atom stereocenters. The van der Waals surface area contributed by atoms with E-state index in [4.69, 9.17) is 9.84 Å². The second-order valence-electron chi connectivity index (χ2n) is 10.2. The van der Waals surface area contributed by atoms with Crippen LogP contribution in [-0.4, -0.2) is 64.6 Å². The molecular formula is C30H38Cl2N4O5. The third-order valence-electron chi connectivity index (χ3n) is 7.06. The molecule has 11 heteroatoms. The summed E-state index contributed by atoms with van der Waals surface area (Å²) in [5, 5.41) is 15.3. The number of aliphatic carboxylic acids is 1. The highest BCUT2D eigenvalue weighted by molar-refractivity contribution is 6.17. The number of hydrogen-bond donors (Lipinski definition) is 2. The summed E-state index contributed by atoms with van der Waals surface area (Å²) in [4.78, 5) is 42.5. The molecule has 222 valence electrons. The Kier molecular flexibility index (Phi) is 12.4. The lowest BCUT2D eigenvalue weighted by Gasteiger charge is -2.12. The van der Waals surface area contributed by atoms with Crippen LogP contribution in [0.3, 0.4) is 0 Å². The Labute approximate surface area is 252 Å². The largest absolute Gasteiger partial charge is 0.481 e. The van der Waals surface area contributed by atoms with E-state index in [1.165, 1.54) is 0 Å². The zero-order valence-electron chi connectivity index (χ0n) is 23.9. The molecule has 2 aromatic heterocycles. The zero-order chi connectivity index (χ0) is 28.1. The Morgan fingerprint density at radius 3 is 2.34 bits per heavy atom. The van der Waals surface area contributed by atoms with Gasteiger partial charge in [-0.2, -0.15) is 0 Å². The van der Waals surface area contributed by atoms with E-state index in [0.717, 1.165) is 57.5 Å². The quantitative estimate of drug-likeness (QED) is 0.122. The van der Waals surface area contributed by atoms with Gasteiger partial charge in [-0.15, -0.1) is 24.8 Å². The number of nitrogens with zero attached hydrogens (tertiary/aromatic N) is 3. The average Bonchev–Trinajstić information content (AvgIpc) is 3.16. The van der Waals surface area contributed by atoms with Crippen LogP contribution in [0.5, 0.6) is 5.75 Å². The normalized spacial score (nSPS) is 11.0. The van der Waals surface area contributed by atoms with Crippen molar-refractivity contribution in [2.75, 3.05) is 27.2 Å². The van der Waals surface area contributed by atoms with Gasteiger partial charge in [-0.05, 0) is 75.1 Å². The van der Waals surface area contributed by atoms with Crippen molar-refractivity contribution in [1.29, 1.82) is 0 Å². The van der Waals surface area contributed by atoms with E-state index in [9.17, 15) is 14.4 Å². The monoisotopic (exact) mass is 604 g/mol. The Morgan fingerprint density at radius 2 is 1.66 bits per heavy atom. The highest BCUT2D eigenvalue weighted by Crippen LogP contribution is 2.37. The van der Waals surface area contributed by atoms with Gasteiger partial charge in [0.2, 0.25) is 0 Å². The molecule has 0 aliphatic carbocycles. The van der Waals surface area contributed by atoms with Gasteiger partial charge in [0.1, 0.15) is 11.4 Å². The van der Waals surface area contributed by atoms with Gasteiger partial charge in [-0.3, -0.25) is 19.4 Å². The number of aryl methyl sites for hydroxylation is 2. The van der Waals surface area contributed by atoms with Gasteiger partial charge in [0, 0.05) is 60.9 Å². The number of likely N-dealkylation sites (N-methyl/N-ethyl adjacent to an activating group) is 1. The first-order valence-electron chi connectivity index (χ1n) is 13.3. The molecule has 41 heavy (non-hydrogen) atoms. The van der Waals surface area contributed by atoms with E-state index < -0.39 is 5.97 Å². The number of benzene rings is 2. The maximum absolute atomic E-state index is 13.0. The predicted octanol–water partition coefficient (Wildman–Crippen LogP) is 5.65. The van der Waals surface area contributed by atoms with Crippen molar-refractivity contribution in [3.05, 3.63) is 47.8 Å². The highest BCUT2D eigenvalue weighted by atomic mass is 35.5. The van der Waals surface area contributed by atoms with E-state index in [2.05, 4.69) is 21.8 Å². The molecule has 0 aliphatic heterocycles. The van der Waals surface area contributed by atoms with E-state index in [-0.39, 0.29) is 49.5 Å². The molecule has 1 amide bonds. The molecule has 0 saturated carbocycles. The van der Waals surface area contributed by atoms with Crippen molar-refractivity contribution in [3.63, 3.8) is 0 Å². The second kappa shape index (κ2) is 15.0. The molecule has 2 heterocycles. The molecule has 0 aliphatic rings. The van der Waals surface area contributed by atoms with Crippen LogP contribution in [0.1, 0.15) is 54.6 Å². The Hall–Kier alpha value is -3.40.